The van der Waals surface area contributed by atoms with Crippen molar-refractivity contribution in [3.8, 4) is 0 Å². The zero-order chi connectivity index (χ0) is 12.0. The Morgan fingerprint density at radius 3 is 1.81 bits per heavy atom. The highest BCUT2D eigenvalue weighted by molar-refractivity contribution is 5.92. The summed E-state index contributed by atoms with van der Waals surface area (Å²) >= 11 is 0. The highest BCUT2D eigenvalue weighted by atomic mass is 16.4. The maximum atomic E-state index is 10.8. The van der Waals surface area contributed by atoms with E-state index in [0.717, 1.165) is 25.7 Å². The number of rotatable bonds is 4. The lowest BCUT2D eigenvalue weighted by Crippen LogP contribution is -2.26. The van der Waals surface area contributed by atoms with Gasteiger partial charge in [-0.1, -0.05) is 44.9 Å². The normalized spacial score (nSPS) is 19.1. The molecule has 0 aromatic rings. The van der Waals surface area contributed by atoms with Crippen LogP contribution in [0.2, 0.25) is 0 Å². The van der Waals surface area contributed by atoms with E-state index in [-0.39, 0.29) is 5.92 Å². The maximum Gasteiger partial charge on any atom is 0.317 e. The van der Waals surface area contributed by atoms with Crippen molar-refractivity contribution in [2.24, 2.45) is 11.8 Å². The highest BCUT2D eigenvalue weighted by Crippen LogP contribution is 2.27. The molecule has 1 saturated carbocycles. The molecule has 4 heteroatoms. The van der Waals surface area contributed by atoms with Crippen LogP contribution in [0.4, 0.5) is 0 Å². The van der Waals surface area contributed by atoms with Crippen molar-refractivity contribution < 1.29 is 19.8 Å². The Balaban J connectivity index is 2.48. The molecule has 1 aliphatic rings. The highest BCUT2D eigenvalue weighted by Gasteiger charge is 2.29. The van der Waals surface area contributed by atoms with Crippen LogP contribution in [0, 0.1) is 11.8 Å². The van der Waals surface area contributed by atoms with Crippen LogP contribution in [0.5, 0.6) is 0 Å². The van der Waals surface area contributed by atoms with Gasteiger partial charge < -0.3 is 10.2 Å². The Labute approximate surface area is 95.7 Å². The van der Waals surface area contributed by atoms with Crippen LogP contribution < -0.4 is 0 Å². The summed E-state index contributed by atoms with van der Waals surface area (Å²) in [6.07, 6.45) is 8.13. The van der Waals surface area contributed by atoms with Crippen LogP contribution in [0.3, 0.4) is 0 Å². The molecule has 0 amide bonds. The summed E-state index contributed by atoms with van der Waals surface area (Å²) in [5.74, 6) is -3.34. The summed E-state index contributed by atoms with van der Waals surface area (Å²) in [5.41, 5.74) is 0. The van der Waals surface area contributed by atoms with Gasteiger partial charge >= 0.3 is 11.9 Å². The van der Waals surface area contributed by atoms with Crippen molar-refractivity contribution in [1.29, 1.82) is 0 Å². The van der Waals surface area contributed by atoms with Gasteiger partial charge in [0.15, 0.2) is 5.92 Å². The van der Waals surface area contributed by atoms with Gasteiger partial charge in [0.2, 0.25) is 0 Å². The molecule has 0 heterocycles. The lowest BCUT2D eigenvalue weighted by molar-refractivity contribution is -0.155. The van der Waals surface area contributed by atoms with Crippen molar-refractivity contribution in [1.82, 2.24) is 0 Å². The number of hydrogen-bond acceptors (Lipinski definition) is 2. The van der Waals surface area contributed by atoms with E-state index in [2.05, 4.69) is 0 Å². The molecule has 2 N–H and O–H groups in total. The van der Waals surface area contributed by atoms with Gasteiger partial charge in [0.05, 0.1) is 0 Å². The fourth-order valence-electron chi connectivity index (χ4n) is 2.42. The van der Waals surface area contributed by atoms with Gasteiger partial charge in [0, 0.05) is 0 Å². The van der Waals surface area contributed by atoms with E-state index in [9.17, 15) is 9.59 Å². The molecule has 92 valence electrons. The van der Waals surface area contributed by atoms with Gasteiger partial charge in [-0.3, -0.25) is 9.59 Å². The standard InChI is InChI=1S/C12H20O4/c13-11(14)10(12(15)16)8-9-6-4-2-1-3-5-7-9/h9-10H,1-8H2,(H,13,14)(H,15,16). The summed E-state index contributed by atoms with van der Waals surface area (Å²) in [5, 5.41) is 17.6. The quantitative estimate of drug-likeness (QED) is 0.725. The zero-order valence-corrected chi connectivity index (χ0v) is 9.52. The molecule has 0 saturated heterocycles. The van der Waals surface area contributed by atoms with E-state index in [0.29, 0.717) is 6.42 Å². The predicted octanol–water partition coefficient (Wildman–Crippen LogP) is 2.52. The summed E-state index contributed by atoms with van der Waals surface area (Å²) in [6, 6.07) is 0. The van der Waals surface area contributed by atoms with Gasteiger partial charge in [-0.2, -0.15) is 0 Å². The lowest BCUT2D eigenvalue weighted by Gasteiger charge is -2.21. The largest absolute Gasteiger partial charge is 0.481 e. The predicted molar refractivity (Wildman–Crippen MR) is 59.2 cm³/mol. The Bertz CT molecular complexity index is 227. The Kier molecular flexibility index (Phi) is 5.29. The van der Waals surface area contributed by atoms with Crippen LogP contribution >= 0.6 is 0 Å². The summed E-state index contributed by atoms with van der Waals surface area (Å²) in [4.78, 5) is 21.6. The Morgan fingerprint density at radius 2 is 1.38 bits per heavy atom. The van der Waals surface area contributed by atoms with Crippen LogP contribution in [0.25, 0.3) is 0 Å². The number of carboxylic acids is 2. The Hall–Kier alpha value is -1.06. The van der Waals surface area contributed by atoms with Gasteiger partial charge in [0.1, 0.15) is 0 Å². The van der Waals surface area contributed by atoms with E-state index in [4.69, 9.17) is 10.2 Å². The summed E-state index contributed by atoms with van der Waals surface area (Å²) in [6.45, 7) is 0. The molecular weight excluding hydrogens is 208 g/mol. The average Bonchev–Trinajstić information content (AvgIpc) is 2.14. The number of carbonyl (C=O) groups is 2. The van der Waals surface area contributed by atoms with Gasteiger partial charge in [-0.15, -0.1) is 0 Å². The number of hydrogen-bond donors (Lipinski definition) is 2. The maximum absolute atomic E-state index is 10.8. The van der Waals surface area contributed by atoms with Crippen molar-refractivity contribution in [3.63, 3.8) is 0 Å². The Morgan fingerprint density at radius 1 is 0.938 bits per heavy atom. The minimum Gasteiger partial charge on any atom is -0.481 e. The van der Waals surface area contributed by atoms with E-state index < -0.39 is 17.9 Å². The third kappa shape index (κ3) is 4.21. The fourth-order valence-corrected chi connectivity index (χ4v) is 2.42. The van der Waals surface area contributed by atoms with Crippen molar-refractivity contribution in [2.75, 3.05) is 0 Å². The molecular formula is C12H20O4. The topological polar surface area (TPSA) is 74.6 Å². The summed E-state index contributed by atoms with van der Waals surface area (Å²) in [7, 11) is 0. The van der Waals surface area contributed by atoms with Gasteiger partial charge in [-0.25, -0.2) is 0 Å². The van der Waals surface area contributed by atoms with E-state index in [1.54, 1.807) is 0 Å². The van der Waals surface area contributed by atoms with Gasteiger partial charge in [-0.05, 0) is 12.3 Å². The first-order valence-corrected chi connectivity index (χ1v) is 6.07. The second kappa shape index (κ2) is 6.51. The molecule has 1 fully saturated rings. The molecule has 1 rings (SSSR count). The minimum atomic E-state index is -1.22. The molecule has 0 aromatic carbocycles. The summed E-state index contributed by atoms with van der Waals surface area (Å²) < 4.78 is 0. The molecule has 4 nitrogen and oxygen atoms in total. The van der Waals surface area contributed by atoms with Crippen molar-refractivity contribution in [3.05, 3.63) is 0 Å². The first-order valence-electron chi connectivity index (χ1n) is 6.07. The number of aliphatic carboxylic acids is 2. The lowest BCUT2D eigenvalue weighted by atomic mass is 9.84. The molecule has 0 unspecified atom stereocenters. The van der Waals surface area contributed by atoms with E-state index in [1.165, 1.54) is 19.3 Å². The fraction of sp³-hybridized carbons (Fsp3) is 0.833. The third-order valence-electron chi connectivity index (χ3n) is 3.39. The molecule has 0 atom stereocenters. The van der Waals surface area contributed by atoms with Crippen LogP contribution in [-0.2, 0) is 9.59 Å². The van der Waals surface area contributed by atoms with E-state index in [1.807, 2.05) is 0 Å². The zero-order valence-electron chi connectivity index (χ0n) is 9.52. The third-order valence-corrected chi connectivity index (χ3v) is 3.39. The molecule has 16 heavy (non-hydrogen) atoms. The average molecular weight is 228 g/mol. The van der Waals surface area contributed by atoms with Crippen LogP contribution in [-0.4, -0.2) is 22.2 Å². The minimum absolute atomic E-state index is 0.275. The van der Waals surface area contributed by atoms with E-state index >= 15 is 0 Å². The van der Waals surface area contributed by atoms with Crippen molar-refractivity contribution >= 4 is 11.9 Å². The molecule has 0 spiro atoms. The monoisotopic (exact) mass is 228 g/mol. The number of carboxylic acid groups (broad SMARTS) is 2. The first-order chi connectivity index (χ1) is 7.61. The SMILES string of the molecule is O=C(O)C(CC1CCCCCCC1)C(=O)O. The van der Waals surface area contributed by atoms with Gasteiger partial charge in [0.25, 0.3) is 0 Å². The smallest absolute Gasteiger partial charge is 0.317 e. The molecule has 0 bridgehead atoms. The molecule has 0 radical (unpaired) electrons. The van der Waals surface area contributed by atoms with Crippen LogP contribution in [0.1, 0.15) is 51.4 Å². The second-order valence-electron chi connectivity index (χ2n) is 4.68. The van der Waals surface area contributed by atoms with Crippen molar-refractivity contribution in [2.45, 2.75) is 51.4 Å². The second-order valence-corrected chi connectivity index (χ2v) is 4.68. The van der Waals surface area contributed by atoms with Crippen LogP contribution in [0.15, 0.2) is 0 Å². The molecule has 0 aromatic heterocycles. The first kappa shape index (κ1) is 13.0. The molecule has 0 aliphatic heterocycles. The molecule has 1 aliphatic carbocycles.